The van der Waals surface area contributed by atoms with Crippen LogP contribution in [0, 0.1) is 6.92 Å². The van der Waals surface area contributed by atoms with Crippen LogP contribution in [0.5, 0.6) is 0 Å². The van der Waals surface area contributed by atoms with Crippen molar-refractivity contribution in [3.05, 3.63) is 45.7 Å². The van der Waals surface area contributed by atoms with Gasteiger partial charge in [-0.25, -0.2) is 4.79 Å². The van der Waals surface area contributed by atoms with Crippen LogP contribution >= 0.6 is 0 Å². The Morgan fingerprint density at radius 1 is 1.42 bits per heavy atom. The summed E-state index contributed by atoms with van der Waals surface area (Å²) in [6.45, 7) is 2.32. The molecular weight excluding hydrogens is 244 g/mol. The Balaban J connectivity index is 2.22. The average molecular weight is 260 g/mol. The number of aryl methyl sites for hydroxylation is 1. The number of carbonyl (C=O) groups excluding carboxylic acids is 1. The van der Waals surface area contributed by atoms with Gasteiger partial charge in [-0.1, -0.05) is 18.2 Å². The molecule has 0 bridgehead atoms. The van der Waals surface area contributed by atoms with Crippen molar-refractivity contribution in [1.82, 2.24) is 10.3 Å². The predicted octanol–water partition coefficient (Wildman–Crippen LogP) is 1.74. The van der Waals surface area contributed by atoms with Crippen LogP contribution < -0.4 is 10.9 Å². The second-order valence-electron chi connectivity index (χ2n) is 4.33. The number of rotatable bonds is 3. The zero-order valence-corrected chi connectivity index (χ0v) is 10.9. The molecule has 0 fully saturated rings. The molecule has 2 aromatic rings. The number of benzene rings is 1. The van der Waals surface area contributed by atoms with Gasteiger partial charge in [-0.05, 0) is 30.4 Å². The number of pyridine rings is 1. The molecule has 1 amide bonds. The number of carbonyl (C=O) groups is 1. The highest BCUT2D eigenvalue weighted by atomic mass is 16.5. The third-order valence-electron chi connectivity index (χ3n) is 3.01. The number of hydrogen-bond acceptors (Lipinski definition) is 3. The number of H-pyrrole nitrogens is 1. The fourth-order valence-corrected chi connectivity index (χ4v) is 1.99. The number of amides is 1. The van der Waals surface area contributed by atoms with Crippen molar-refractivity contribution in [1.29, 1.82) is 0 Å². The van der Waals surface area contributed by atoms with Crippen LogP contribution in [0.2, 0.25) is 0 Å². The van der Waals surface area contributed by atoms with Crippen molar-refractivity contribution in [3.63, 3.8) is 0 Å². The molecular formula is C14H16N2O3. The van der Waals surface area contributed by atoms with E-state index in [0.29, 0.717) is 18.5 Å². The molecule has 1 aromatic carbocycles. The number of aromatic amines is 1. The topological polar surface area (TPSA) is 71.2 Å². The first-order chi connectivity index (χ1) is 9.11. The first-order valence-corrected chi connectivity index (χ1v) is 6.05. The molecule has 0 aliphatic heterocycles. The third kappa shape index (κ3) is 2.93. The molecule has 19 heavy (non-hydrogen) atoms. The Morgan fingerprint density at radius 2 is 2.21 bits per heavy atom. The molecule has 100 valence electrons. The van der Waals surface area contributed by atoms with Gasteiger partial charge in [-0.3, -0.25) is 4.79 Å². The maximum atomic E-state index is 11.9. The molecule has 2 N–H and O–H groups in total. The van der Waals surface area contributed by atoms with Gasteiger partial charge in [-0.15, -0.1) is 0 Å². The van der Waals surface area contributed by atoms with E-state index < -0.39 is 6.09 Å². The zero-order chi connectivity index (χ0) is 13.8. The van der Waals surface area contributed by atoms with Crippen molar-refractivity contribution in [2.45, 2.75) is 13.3 Å². The smallest absolute Gasteiger partial charge is 0.406 e. The standard InChI is InChI=1S/C14H16N2O3/c1-9-4-3-5-10-8-11(13(17)16-12(9)10)6-7-15-14(18)19-2/h3-5,8H,6-7H2,1-2H3,(H,15,18)(H,16,17). The second kappa shape index (κ2) is 5.56. The first-order valence-electron chi connectivity index (χ1n) is 6.05. The molecule has 1 heterocycles. The van der Waals surface area contributed by atoms with Gasteiger partial charge in [0.1, 0.15) is 0 Å². The van der Waals surface area contributed by atoms with Crippen LogP contribution in [0.1, 0.15) is 11.1 Å². The van der Waals surface area contributed by atoms with Crippen molar-refractivity contribution in [2.24, 2.45) is 0 Å². The highest BCUT2D eigenvalue weighted by Crippen LogP contribution is 2.14. The number of methoxy groups -OCH3 is 1. The van der Waals surface area contributed by atoms with Crippen LogP contribution in [-0.4, -0.2) is 24.7 Å². The van der Waals surface area contributed by atoms with Crippen molar-refractivity contribution in [3.8, 4) is 0 Å². The minimum absolute atomic E-state index is 0.117. The van der Waals surface area contributed by atoms with Crippen LogP contribution in [0.15, 0.2) is 29.1 Å². The normalized spacial score (nSPS) is 10.4. The highest BCUT2D eigenvalue weighted by Gasteiger charge is 2.05. The highest BCUT2D eigenvalue weighted by molar-refractivity contribution is 5.81. The molecule has 0 radical (unpaired) electrons. The second-order valence-corrected chi connectivity index (χ2v) is 4.33. The van der Waals surface area contributed by atoms with Crippen LogP contribution in [0.3, 0.4) is 0 Å². The average Bonchev–Trinajstić information content (AvgIpc) is 2.40. The summed E-state index contributed by atoms with van der Waals surface area (Å²) in [6.07, 6.45) is -0.0260. The molecule has 0 aliphatic rings. The number of nitrogens with one attached hydrogen (secondary N) is 2. The van der Waals surface area contributed by atoms with Crippen LogP contribution in [0.25, 0.3) is 10.9 Å². The lowest BCUT2D eigenvalue weighted by atomic mass is 10.1. The van der Waals surface area contributed by atoms with Crippen molar-refractivity contribution >= 4 is 17.0 Å². The van der Waals surface area contributed by atoms with E-state index in [9.17, 15) is 9.59 Å². The maximum absolute atomic E-state index is 11.9. The molecule has 5 heteroatoms. The molecule has 0 saturated heterocycles. The lowest BCUT2D eigenvalue weighted by Crippen LogP contribution is -2.27. The molecule has 0 spiro atoms. The molecule has 2 rings (SSSR count). The van der Waals surface area contributed by atoms with Gasteiger partial charge in [-0.2, -0.15) is 0 Å². The lowest BCUT2D eigenvalue weighted by Gasteiger charge is -2.06. The summed E-state index contributed by atoms with van der Waals surface area (Å²) in [7, 11) is 1.31. The first kappa shape index (κ1) is 13.1. The Bertz CT molecular complexity index is 661. The van der Waals surface area contributed by atoms with Gasteiger partial charge in [0.15, 0.2) is 0 Å². The minimum atomic E-state index is -0.493. The van der Waals surface area contributed by atoms with E-state index in [1.165, 1.54) is 7.11 Å². The summed E-state index contributed by atoms with van der Waals surface area (Å²) >= 11 is 0. The molecule has 0 aliphatic carbocycles. The van der Waals surface area contributed by atoms with Gasteiger partial charge in [0.2, 0.25) is 0 Å². The largest absolute Gasteiger partial charge is 0.453 e. The number of aromatic nitrogens is 1. The Kier molecular flexibility index (Phi) is 3.85. The van der Waals surface area contributed by atoms with Crippen LogP contribution in [0.4, 0.5) is 4.79 Å². The van der Waals surface area contributed by atoms with E-state index in [4.69, 9.17) is 0 Å². The van der Waals surface area contributed by atoms with E-state index >= 15 is 0 Å². The van der Waals surface area contributed by atoms with E-state index in [2.05, 4.69) is 15.0 Å². The SMILES string of the molecule is COC(=O)NCCc1cc2cccc(C)c2[nH]c1=O. The van der Waals surface area contributed by atoms with Crippen molar-refractivity contribution in [2.75, 3.05) is 13.7 Å². The zero-order valence-electron chi connectivity index (χ0n) is 10.9. The van der Waals surface area contributed by atoms with Gasteiger partial charge in [0.05, 0.1) is 12.6 Å². The van der Waals surface area contributed by atoms with E-state index in [1.807, 2.05) is 31.2 Å². The Hall–Kier alpha value is -2.30. The van der Waals surface area contributed by atoms with Crippen LogP contribution in [-0.2, 0) is 11.2 Å². The number of fused-ring (bicyclic) bond motifs is 1. The van der Waals surface area contributed by atoms with Gasteiger partial charge in [0, 0.05) is 12.1 Å². The Morgan fingerprint density at radius 3 is 2.95 bits per heavy atom. The quantitative estimate of drug-likeness (QED) is 0.883. The monoisotopic (exact) mass is 260 g/mol. The van der Waals surface area contributed by atoms with E-state index in [0.717, 1.165) is 16.5 Å². The fourth-order valence-electron chi connectivity index (χ4n) is 1.99. The van der Waals surface area contributed by atoms with E-state index in [-0.39, 0.29) is 5.56 Å². The minimum Gasteiger partial charge on any atom is -0.453 e. The number of alkyl carbamates (subject to hydrolysis) is 1. The summed E-state index contributed by atoms with van der Waals surface area (Å²) in [5.74, 6) is 0. The number of ether oxygens (including phenoxy) is 1. The Labute approximate surface area is 110 Å². The van der Waals surface area contributed by atoms with Gasteiger partial charge in [0.25, 0.3) is 5.56 Å². The molecule has 1 aromatic heterocycles. The summed E-state index contributed by atoms with van der Waals surface area (Å²) in [4.78, 5) is 25.7. The molecule has 0 saturated carbocycles. The summed E-state index contributed by atoms with van der Waals surface area (Å²) in [5, 5.41) is 3.55. The lowest BCUT2D eigenvalue weighted by molar-refractivity contribution is 0.171. The summed E-state index contributed by atoms with van der Waals surface area (Å²) < 4.78 is 4.47. The van der Waals surface area contributed by atoms with Gasteiger partial charge >= 0.3 is 6.09 Å². The maximum Gasteiger partial charge on any atom is 0.406 e. The fraction of sp³-hybridized carbons (Fsp3) is 0.286. The molecule has 0 unspecified atom stereocenters. The molecule has 5 nitrogen and oxygen atoms in total. The number of para-hydroxylation sites is 1. The van der Waals surface area contributed by atoms with Crippen molar-refractivity contribution < 1.29 is 9.53 Å². The van der Waals surface area contributed by atoms with E-state index in [1.54, 1.807) is 0 Å². The summed E-state index contributed by atoms with van der Waals surface area (Å²) in [6, 6.07) is 7.72. The predicted molar refractivity (Wildman–Crippen MR) is 73.4 cm³/mol. The summed E-state index contributed by atoms with van der Waals surface area (Å²) in [5.41, 5.74) is 2.42. The number of hydrogen-bond donors (Lipinski definition) is 2. The van der Waals surface area contributed by atoms with Gasteiger partial charge < -0.3 is 15.0 Å². The third-order valence-corrected chi connectivity index (χ3v) is 3.01. The molecule has 0 atom stereocenters.